The second-order valence-corrected chi connectivity index (χ2v) is 6.43. The summed E-state index contributed by atoms with van der Waals surface area (Å²) in [4.78, 5) is 14.3. The number of H-pyrrole nitrogens is 1. The van der Waals surface area contributed by atoms with Crippen molar-refractivity contribution in [2.45, 2.75) is 32.7 Å². The molecule has 7 heteroatoms. The van der Waals surface area contributed by atoms with Gasteiger partial charge in [0, 0.05) is 18.0 Å². The lowest BCUT2D eigenvalue weighted by atomic mass is 10.2. The van der Waals surface area contributed by atoms with Crippen molar-refractivity contribution in [3.63, 3.8) is 0 Å². The van der Waals surface area contributed by atoms with E-state index < -0.39 is 0 Å². The number of nitrogens with one attached hydrogen (secondary N) is 3. The number of urea groups is 1. The standard InChI is InChI=1S/C17H25N5O2/c1-12(2)18-17(23)19-16-14-11-13(5-6-15(14)20-21-16)24-10-9-22-7-3-4-8-22/h5-6,11-12H,3-4,7-10H2,1-2H3,(H3,18,19,20,21,23). The maximum absolute atomic E-state index is 11.9. The highest BCUT2D eigenvalue weighted by molar-refractivity contribution is 5.99. The monoisotopic (exact) mass is 331 g/mol. The molecule has 1 aromatic carbocycles. The van der Waals surface area contributed by atoms with Gasteiger partial charge in [0.25, 0.3) is 0 Å². The van der Waals surface area contributed by atoms with Gasteiger partial charge in [0.2, 0.25) is 0 Å². The zero-order valence-electron chi connectivity index (χ0n) is 14.3. The largest absolute Gasteiger partial charge is 0.492 e. The Morgan fingerprint density at radius 3 is 2.92 bits per heavy atom. The third-order valence-corrected chi connectivity index (χ3v) is 4.06. The van der Waals surface area contributed by atoms with Crippen LogP contribution in [-0.4, -0.2) is 53.4 Å². The van der Waals surface area contributed by atoms with Gasteiger partial charge in [-0.05, 0) is 58.0 Å². The van der Waals surface area contributed by atoms with Crippen LogP contribution in [0.5, 0.6) is 5.75 Å². The first-order chi connectivity index (χ1) is 11.6. The van der Waals surface area contributed by atoms with Crippen LogP contribution in [-0.2, 0) is 0 Å². The molecule has 0 spiro atoms. The Labute approximate surface area is 141 Å². The van der Waals surface area contributed by atoms with E-state index in [4.69, 9.17) is 4.74 Å². The lowest BCUT2D eigenvalue weighted by Crippen LogP contribution is -2.34. The van der Waals surface area contributed by atoms with Crippen LogP contribution in [0.1, 0.15) is 26.7 Å². The Balaban J connectivity index is 1.63. The number of amides is 2. The molecular weight excluding hydrogens is 306 g/mol. The summed E-state index contributed by atoms with van der Waals surface area (Å²) >= 11 is 0. The van der Waals surface area contributed by atoms with Gasteiger partial charge in [-0.3, -0.25) is 15.3 Å². The number of rotatable bonds is 6. The van der Waals surface area contributed by atoms with Crippen LogP contribution in [0.3, 0.4) is 0 Å². The highest BCUT2D eigenvalue weighted by Crippen LogP contribution is 2.25. The predicted octanol–water partition coefficient (Wildman–Crippen LogP) is 2.57. The molecule has 130 valence electrons. The van der Waals surface area contributed by atoms with Crippen LogP contribution in [0.15, 0.2) is 18.2 Å². The summed E-state index contributed by atoms with van der Waals surface area (Å²) in [5.41, 5.74) is 0.863. The zero-order valence-corrected chi connectivity index (χ0v) is 14.3. The quantitative estimate of drug-likeness (QED) is 0.760. The summed E-state index contributed by atoms with van der Waals surface area (Å²) in [6, 6.07) is 5.55. The summed E-state index contributed by atoms with van der Waals surface area (Å²) in [5, 5.41) is 13.5. The van der Waals surface area contributed by atoms with Crippen LogP contribution in [0.25, 0.3) is 10.9 Å². The molecule has 1 aromatic heterocycles. The molecule has 2 heterocycles. The Bertz CT molecular complexity index is 691. The average Bonchev–Trinajstić information content (AvgIpc) is 3.17. The molecule has 0 atom stereocenters. The van der Waals surface area contributed by atoms with Gasteiger partial charge in [0.05, 0.1) is 5.52 Å². The number of ether oxygens (including phenoxy) is 1. The molecule has 3 rings (SSSR count). The molecule has 0 unspecified atom stereocenters. The maximum Gasteiger partial charge on any atom is 0.320 e. The fourth-order valence-corrected chi connectivity index (χ4v) is 2.88. The number of hydrogen-bond donors (Lipinski definition) is 3. The van der Waals surface area contributed by atoms with Gasteiger partial charge in [-0.25, -0.2) is 4.79 Å². The predicted molar refractivity (Wildman–Crippen MR) is 94.6 cm³/mol. The van der Waals surface area contributed by atoms with Gasteiger partial charge < -0.3 is 10.1 Å². The summed E-state index contributed by atoms with van der Waals surface area (Å²) in [6.45, 7) is 7.78. The Morgan fingerprint density at radius 2 is 2.17 bits per heavy atom. The minimum absolute atomic E-state index is 0.0692. The number of aromatic nitrogens is 2. The van der Waals surface area contributed by atoms with Gasteiger partial charge in [0.1, 0.15) is 12.4 Å². The molecule has 0 aliphatic carbocycles. The van der Waals surface area contributed by atoms with Crippen molar-refractivity contribution in [2.75, 3.05) is 31.6 Å². The molecule has 1 aliphatic heterocycles. The normalized spacial score (nSPS) is 15.1. The average molecular weight is 331 g/mol. The van der Waals surface area contributed by atoms with E-state index in [1.807, 2.05) is 32.0 Å². The van der Waals surface area contributed by atoms with Crippen molar-refractivity contribution in [1.29, 1.82) is 0 Å². The Morgan fingerprint density at radius 1 is 1.38 bits per heavy atom. The van der Waals surface area contributed by atoms with E-state index in [0.717, 1.165) is 23.2 Å². The van der Waals surface area contributed by atoms with Crippen molar-refractivity contribution >= 4 is 22.8 Å². The number of carbonyl (C=O) groups excluding carboxylic acids is 1. The van der Waals surface area contributed by atoms with E-state index in [9.17, 15) is 4.79 Å². The van der Waals surface area contributed by atoms with Gasteiger partial charge in [-0.2, -0.15) is 5.10 Å². The van der Waals surface area contributed by atoms with Crippen LogP contribution in [0.4, 0.5) is 10.6 Å². The molecule has 0 saturated carbocycles. The SMILES string of the molecule is CC(C)NC(=O)Nc1n[nH]c2ccc(OCCN3CCCC3)cc12. The van der Waals surface area contributed by atoms with Crippen LogP contribution in [0.2, 0.25) is 0 Å². The molecule has 1 fully saturated rings. The van der Waals surface area contributed by atoms with E-state index in [-0.39, 0.29) is 12.1 Å². The van der Waals surface area contributed by atoms with Crippen LogP contribution >= 0.6 is 0 Å². The topological polar surface area (TPSA) is 82.3 Å². The number of hydrogen-bond acceptors (Lipinski definition) is 4. The Hall–Kier alpha value is -2.28. The number of aromatic amines is 1. The van der Waals surface area contributed by atoms with Crippen molar-refractivity contribution in [2.24, 2.45) is 0 Å². The highest BCUT2D eigenvalue weighted by Gasteiger charge is 2.12. The lowest BCUT2D eigenvalue weighted by Gasteiger charge is -2.15. The number of nitrogens with zero attached hydrogens (tertiary/aromatic N) is 2. The van der Waals surface area contributed by atoms with Gasteiger partial charge >= 0.3 is 6.03 Å². The number of anilines is 1. The first-order valence-electron chi connectivity index (χ1n) is 8.52. The van der Waals surface area contributed by atoms with E-state index in [2.05, 4.69) is 25.7 Å². The minimum Gasteiger partial charge on any atom is -0.492 e. The van der Waals surface area contributed by atoms with Crippen molar-refractivity contribution in [3.8, 4) is 5.75 Å². The molecule has 7 nitrogen and oxygen atoms in total. The Kier molecular flexibility index (Phi) is 5.20. The smallest absolute Gasteiger partial charge is 0.320 e. The number of carbonyl (C=O) groups is 1. The molecule has 1 saturated heterocycles. The van der Waals surface area contributed by atoms with E-state index in [1.165, 1.54) is 25.9 Å². The first kappa shape index (κ1) is 16.6. The second-order valence-electron chi connectivity index (χ2n) is 6.43. The second kappa shape index (κ2) is 7.53. The first-order valence-corrected chi connectivity index (χ1v) is 8.52. The van der Waals surface area contributed by atoms with Gasteiger partial charge in [-0.15, -0.1) is 0 Å². The number of benzene rings is 1. The zero-order chi connectivity index (χ0) is 16.9. The maximum atomic E-state index is 11.9. The molecule has 3 N–H and O–H groups in total. The molecule has 0 radical (unpaired) electrons. The molecule has 0 bridgehead atoms. The minimum atomic E-state index is -0.265. The lowest BCUT2D eigenvalue weighted by molar-refractivity contribution is 0.238. The third kappa shape index (κ3) is 4.17. The van der Waals surface area contributed by atoms with Gasteiger partial charge in [0.15, 0.2) is 5.82 Å². The van der Waals surface area contributed by atoms with E-state index >= 15 is 0 Å². The summed E-state index contributed by atoms with van der Waals surface area (Å²) in [7, 11) is 0. The van der Waals surface area contributed by atoms with Crippen molar-refractivity contribution in [1.82, 2.24) is 20.4 Å². The van der Waals surface area contributed by atoms with Crippen LogP contribution < -0.4 is 15.4 Å². The van der Waals surface area contributed by atoms with Crippen molar-refractivity contribution < 1.29 is 9.53 Å². The highest BCUT2D eigenvalue weighted by atomic mass is 16.5. The molecular formula is C17H25N5O2. The van der Waals surface area contributed by atoms with E-state index in [0.29, 0.717) is 12.4 Å². The molecule has 1 aliphatic rings. The number of likely N-dealkylation sites (tertiary alicyclic amines) is 1. The van der Waals surface area contributed by atoms with Crippen molar-refractivity contribution in [3.05, 3.63) is 18.2 Å². The van der Waals surface area contributed by atoms with Gasteiger partial charge in [-0.1, -0.05) is 0 Å². The van der Waals surface area contributed by atoms with Crippen LogP contribution in [0, 0.1) is 0 Å². The molecule has 24 heavy (non-hydrogen) atoms. The molecule has 2 amide bonds. The fourth-order valence-electron chi connectivity index (χ4n) is 2.88. The summed E-state index contributed by atoms with van der Waals surface area (Å²) < 4.78 is 5.86. The third-order valence-electron chi connectivity index (χ3n) is 4.06. The summed E-state index contributed by atoms with van der Waals surface area (Å²) in [6.07, 6.45) is 2.57. The fraction of sp³-hybridized carbons (Fsp3) is 0.529. The molecule has 2 aromatic rings. The number of fused-ring (bicyclic) bond motifs is 1. The summed E-state index contributed by atoms with van der Waals surface area (Å²) in [5.74, 6) is 1.29. The van der Waals surface area contributed by atoms with E-state index in [1.54, 1.807) is 0 Å².